The second kappa shape index (κ2) is 10.9. The van der Waals surface area contributed by atoms with E-state index < -0.39 is 41.3 Å². The molecular weight excluding hydrogens is 592 g/mol. The first-order valence-corrected chi connectivity index (χ1v) is 14.4. The van der Waals surface area contributed by atoms with Gasteiger partial charge in [0.25, 0.3) is 0 Å². The summed E-state index contributed by atoms with van der Waals surface area (Å²) >= 11 is 13.5. The zero-order valence-corrected chi connectivity index (χ0v) is 25.0. The molecule has 41 heavy (non-hydrogen) atoms. The summed E-state index contributed by atoms with van der Waals surface area (Å²) in [5.41, 5.74) is -0.357. The molecule has 0 radical (unpaired) electrons. The van der Waals surface area contributed by atoms with Crippen molar-refractivity contribution in [1.82, 2.24) is 5.32 Å². The van der Waals surface area contributed by atoms with E-state index in [4.69, 9.17) is 27.9 Å². The Balaban J connectivity index is 1.65. The SMILES string of the molecule is COC(=O)Oc1ccc(NC(=O)[C@@H]2N[C@@H](CC(C)(C)C)[C@@]3(C(=O)Nc4cc(Cl)ccc43)[C@H]2c2cccc(Cl)c2F)s1. The first-order chi connectivity index (χ1) is 19.3. The van der Waals surface area contributed by atoms with Gasteiger partial charge >= 0.3 is 6.16 Å². The predicted octanol–water partition coefficient (Wildman–Crippen LogP) is 6.73. The molecule has 2 aliphatic rings. The Morgan fingerprint density at radius 2 is 1.90 bits per heavy atom. The summed E-state index contributed by atoms with van der Waals surface area (Å²) in [6, 6.07) is 11.2. The number of thiophene rings is 1. The minimum absolute atomic E-state index is 0.117. The molecule has 5 rings (SSSR count). The maximum atomic E-state index is 15.8. The summed E-state index contributed by atoms with van der Waals surface area (Å²) in [4.78, 5) is 39.7. The lowest BCUT2D eigenvalue weighted by Crippen LogP contribution is -2.49. The number of benzene rings is 2. The summed E-state index contributed by atoms with van der Waals surface area (Å²) < 4.78 is 25.4. The molecule has 12 heteroatoms. The summed E-state index contributed by atoms with van der Waals surface area (Å²) in [5.74, 6) is -2.54. The molecule has 0 unspecified atom stereocenters. The Labute approximate surface area is 250 Å². The van der Waals surface area contributed by atoms with Crippen LogP contribution in [0.25, 0.3) is 0 Å². The number of carbonyl (C=O) groups is 3. The number of hydrogen-bond donors (Lipinski definition) is 3. The van der Waals surface area contributed by atoms with Gasteiger partial charge in [0.1, 0.15) is 11.2 Å². The van der Waals surface area contributed by atoms with Gasteiger partial charge in [-0.1, -0.05) is 73.5 Å². The van der Waals surface area contributed by atoms with E-state index in [9.17, 15) is 14.4 Å². The summed E-state index contributed by atoms with van der Waals surface area (Å²) in [6.07, 6.45) is -0.405. The highest BCUT2D eigenvalue weighted by Crippen LogP contribution is 2.57. The Morgan fingerprint density at radius 1 is 1.15 bits per heavy atom. The smallest absolute Gasteiger partial charge is 0.437 e. The van der Waals surface area contributed by atoms with Gasteiger partial charge in [-0.05, 0) is 53.3 Å². The molecule has 2 aromatic carbocycles. The van der Waals surface area contributed by atoms with Gasteiger partial charge in [-0.3, -0.25) is 9.59 Å². The Morgan fingerprint density at radius 3 is 2.61 bits per heavy atom. The van der Waals surface area contributed by atoms with Crippen molar-refractivity contribution in [3.63, 3.8) is 0 Å². The van der Waals surface area contributed by atoms with Gasteiger partial charge in [-0.25, -0.2) is 9.18 Å². The van der Waals surface area contributed by atoms with Gasteiger partial charge in [0.2, 0.25) is 11.8 Å². The van der Waals surface area contributed by atoms with Crippen LogP contribution >= 0.6 is 34.5 Å². The van der Waals surface area contributed by atoms with Crippen molar-refractivity contribution in [3.8, 4) is 5.06 Å². The third-order valence-electron chi connectivity index (χ3n) is 7.40. The second-order valence-electron chi connectivity index (χ2n) is 11.3. The van der Waals surface area contributed by atoms with Crippen LogP contribution < -0.4 is 20.7 Å². The standard InChI is InChI=1S/C29H28Cl2FN3O5S/c1-28(2,3)13-19-29(16-9-8-14(30)12-18(16)33-26(29)37)22(15-6-5-7-17(31)23(15)32)24(34-19)25(36)35-20-10-11-21(41-20)40-27(38)39-4/h5-12,19,22,24,34H,13H2,1-4H3,(H,33,37)(H,35,36)/t19-,22-,24+,29+/m0/s1. The van der Waals surface area contributed by atoms with Crippen molar-refractivity contribution in [3.05, 3.63) is 75.5 Å². The molecule has 1 fully saturated rings. The number of ether oxygens (including phenoxy) is 2. The van der Waals surface area contributed by atoms with Crippen LogP contribution in [-0.2, 0) is 19.7 Å². The Kier molecular flexibility index (Phi) is 7.80. The number of hydrogen-bond acceptors (Lipinski definition) is 7. The van der Waals surface area contributed by atoms with Crippen LogP contribution in [-0.4, -0.2) is 37.2 Å². The number of fused-ring (bicyclic) bond motifs is 2. The lowest BCUT2D eigenvalue weighted by atomic mass is 9.62. The van der Waals surface area contributed by atoms with E-state index in [1.807, 2.05) is 20.8 Å². The van der Waals surface area contributed by atoms with Crippen LogP contribution in [0.5, 0.6) is 5.06 Å². The molecule has 0 aliphatic carbocycles. The van der Waals surface area contributed by atoms with Crippen molar-refractivity contribution < 1.29 is 28.2 Å². The van der Waals surface area contributed by atoms with Gasteiger partial charge in [0.15, 0.2) is 5.06 Å². The highest BCUT2D eigenvalue weighted by molar-refractivity contribution is 7.18. The first-order valence-electron chi connectivity index (χ1n) is 12.8. The molecule has 2 amide bonds. The van der Waals surface area contributed by atoms with Crippen LogP contribution in [0, 0.1) is 11.2 Å². The summed E-state index contributed by atoms with van der Waals surface area (Å²) in [7, 11) is 1.19. The van der Waals surface area contributed by atoms with Crippen LogP contribution in [0.1, 0.15) is 44.2 Å². The predicted molar refractivity (Wildman–Crippen MR) is 157 cm³/mol. The Bertz CT molecular complexity index is 1540. The number of carbonyl (C=O) groups excluding carboxylic acids is 3. The quantitative estimate of drug-likeness (QED) is 0.274. The average Bonchev–Trinajstić information content (AvgIpc) is 3.55. The minimum Gasteiger partial charge on any atom is -0.437 e. The van der Waals surface area contributed by atoms with E-state index in [1.54, 1.807) is 36.4 Å². The molecule has 1 aromatic heterocycles. The highest BCUT2D eigenvalue weighted by atomic mass is 35.5. The molecule has 2 aliphatic heterocycles. The molecular formula is C29H28Cl2FN3O5S. The van der Waals surface area contributed by atoms with Crippen molar-refractivity contribution in [1.29, 1.82) is 0 Å². The third kappa shape index (κ3) is 5.30. The average molecular weight is 621 g/mol. The number of nitrogens with one attached hydrogen (secondary N) is 3. The maximum Gasteiger partial charge on any atom is 0.514 e. The van der Waals surface area contributed by atoms with Gasteiger partial charge in [0.05, 0.1) is 23.2 Å². The zero-order valence-electron chi connectivity index (χ0n) is 22.6. The van der Waals surface area contributed by atoms with Crippen molar-refractivity contribution in [2.24, 2.45) is 5.41 Å². The van der Waals surface area contributed by atoms with Crippen molar-refractivity contribution in [2.45, 2.75) is 50.6 Å². The summed E-state index contributed by atoms with van der Waals surface area (Å²) in [6.45, 7) is 6.11. The first kappa shape index (κ1) is 29.3. The van der Waals surface area contributed by atoms with E-state index in [1.165, 1.54) is 19.2 Å². The van der Waals surface area contributed by atoms with Gasteiger partial charge in [-0.2, -0.15) is 0 Å². The molecule has 1 saturated heterocycles. The zero-order chi connectivity index (χ0) is 29.7. The number of amides is 2. The molecule has 3 heterocycles. The molecule has 0 bridgehead atoms. The number of halogens is 3. The van der Waals surface area contributed by atoms with E-state index >= 15 is 4.39 Å². The van der Waals surface area contributed by atoms with Crippen LogP contribution in [0.2, 0.25) is 10.0 Å². The van der Waals surface area contributed by atoms with Gasteiger partial charge in [-0.15, -0.1) is 0 Å². The second-order valence-corrected chi connectivity index (χ2v) is 13.1. The monoisotopic (exact) mass is 619 g/mol. The van der Waals surface area contributed by atoms with E-state index in [-0.39, 0.29) is 27.0 Å². The van der Waals surface area contributed by atoms with Gasteiger partial charge in [0, 0.05) is 22.7 Å². The van der Waals surface area contributed by atoms with E-state index in [2.05, 4.69) is 20.7 Å². The van der Waals surface area contributed by atoms with Crippen molar-refractivity contribution in [2.75, 3.05) is 17.7 Å². The Hall–Kier alpha value is -3.18. The van der Waals surface area contributed by atoms with Crippen LogP contribution in [0.4, 0.5) is 19.9 Å². The fourth-order valence-corrected chi connectivity index (χ4v) is 7.02. The number of rotatable bonds is 5. The fourth-order valence-electron chi connectivity index (χ4n) is 5.92. The highest BCUT2D eigenvalue weighted by Gasteiger charge is 2.66. The van der Waals surface area contributed by atoms with E-state index in [0.29, 0.717) is 27.7 Å². The lowest BCUT2D eigenvalue weighted by molar-refractivity contribution is -0.122. The normalized spacial score (nSPS) is 23.3. The maximum absolute atomic E-state index is 15.8. The minimum atomic E-state index is -1.37. The third-order valence-corrected chi connectivity index (χ3v) is 8.80. The van der Waals surface area contributed by atoms with Crippen molar-refractivity contribution >= 4 is 63.2 Å². The van der Waals surface area contributed by atoms with E-state index in [0.717, 1.165) is 11.3 Å². The molecule has 216 valence electrons. The number of methoxy groups -OCH3 is 1. The fraction of sp³-hybridized carbons (Fsp3) is 0.345. The van der Waals surface area contributed by atoms with Crippen LogP contribution in [0.3, 0.4) is 0 Å². The molecule has 0 saturated carbocycles. The lowest BCUT2D eigenvalue weighted by Gasteiger charge is -2.37. The molecule has 4 atom stereocenters. The topological polar surface area (TPSA) is 106 Å². The molecule has 3 N–H and O–H groups in total. The van der Waals surface area contributed by atoms with Gasteiger partial charge < -0.3 is 25.4 Å². The molecule has 8 nitrogen and oxygen atoms in total. The van der Waals surface area contributed by atoms with Crippen LogP contribution in [0.15, 0.2) is 48.5 Å². The molecule has 3 aromatic rings. The number of anilines is 2. The molecule has 1 spiro atoms. The summed E-state index contributed by atoms with van der Waals surface area (Å²) in [5, 5.41) is 10.1. The largest absolute Gasteiger partial charge is 0.514 e.